The van der Waals surface area contributed by atoms with Gasteiger partial charge < -0.3 is 4.90 Å². The van der Waals surface area contributed by atoms with Crippen LogP contribution in [0.25, 0.3) is 0 Å². The van der Waals surface area contributed by atoms with Crippen molar-refractivity contribution in [3.8, 4) is 0 Å². The molecule has 18 heavy (non-hydrogen) atoms. The molecule has 2 aliphatic heterocycles. The summed E-state index contributed by atoms with van der Waals surface area (Å²) in [6, 6.07) is 7.09. The Kier molecular flexibility index (Phi) is 3.60. The van der Waals surface area contributed by atoms with Gasteiger partial charge in [0.1, 0.15) is 0 Å². The van der Waals surface area contributed by atoms with Crippen LogP contribution in [0.4, 0.5) is 0 Å². The second-order valence-electron chi connectivity index (χ2n) is 5.63. The molecule has 0 saturated carbocycles. The van der Waals surface area contributed by atoms with Crippen molar-refractivity contribution in [1.82, 2.24) is 9.80 Å². The number of benzene rings is 1. The smallest absolute Gasteiger partial charge is 0.0453 e. The summed E-state index contributed by atoms with van der Waals surface area (Å²) in [6.45, 7) is 4.71. The van der Waals surface area contributed by atoms with E-state index in [0.717, 1.165) is 24.0 Å². The van der Waals surface area contributed by atoms with E-state index in [9.17, 15) is 0 Å². The normalized spacial score (nSPS) is 23.0. The topological polar surface area (TPSA) is 6.48 Å². The molecule has 0 aromatic heterocycles. The van der Waals surface area contributed by atoms with Gasteiger partial charge in [-0.2, -0.15) is 0 Å². The maximum absolute atomic E-state index is 6.33. The Balaban J connectivity index is 1.73. The van der Waals surface area contributed by atoms with Crippen molar-refractivity contribution in [3.05, 3.63) is 34.3 Å². The molecule has 1 fully saturated rings. The molecule has 0 aliphatic carbocycles. The Morgan fingerprint density at radius 1 is 1.17 bits per heavy atom. The summed E-state index contributed by atoms with van der Waals surface area (Å²) in [6.07, 6.45) is 3.76. The van der Waals surface area contributed by atoms with Crippen LogP contribution in [0, 0.1) is 0 Å². The van der Waals surface area contributed by atoms with Crippen molar-refractivity contribution in [1.29, 1.82) is 0 Å². The van der Waals surface area contributed by atoms with Gasteiger partial charge in [0.15, 0.2) is 0 Å². The molecular weight excluding hydrogens is 244 g/mol. The highest BCUT2D eigenvalue weighted by atomic mass is 35.5. The molecule has 0 radical (unpaired) electrons. The molecular formula is C15H21ClN2. The predicted octanol–water partition coefficient (Wildman–Crippen LogP) is 2.79. The van der Waals surface area contributed by atoms with Gasteiger partial charge in [0.05, 0.1) is 0 Å². The van der Waals surface area contributed by atoms with E-state index in [1.807, 2.05) is 6.07 Å². The fraction of sp³-hybridized carbons (Fsp3) is 0.600. The lowest BCUT2D eigenvalue weighted by molar-refractivity contribution is 0.110. The summed E-state index contributed by atoms with van der Waals surface area (Å²) in [5, 5.41) is 0.949. The van der Waals surface area contributed by atoms with E-state index in [1.54, 1.807) is 0 Å². The van der Waals surface area contributed by atoms with Gasteiger partial charge >= 0.3 is 0 Å². The van der Waals surface area contributed by atoms with Gasteiger partial charge in [-0.15, -0.1) is 0 Å². The Labute approximate surface area is 115 Å². The highest BCUT2D eigenvalue weighted by Crippen LogP contribution is 2.29. The number of nitrogens with zero attached hydrogens (tertiary/aromatic N) is 2. The Hall–Kier alpha value is -0.570. The minimum absolute atomic E-state index is 0.755. The second-order valence-corrected chi connectivity index (χ2v) is 6.04. The second kappa shape index (κ2) is 5.20. The SMILES string of the molecule is CN1CCC(N2CCc3cccc(Cl)c3C2)CC1. The Bertz CT molecular complexity index is 425. The van der Waals surface area contributed by atoms with E-state index in [0.29, 0.717) is 0 Å². The fourth-order valence-corrected chi connectivity index (χ4v) is 3.49. The van der Waals surface area contributed by atoms with Crippen molar-refractivity contribution in [2.24, 2.45) is 0 Å². The van der Waals surface area contributed by atoms with Crippen LogP contribution in [0.5, 0.6) is 0 Å². The van der Waals surface area contributed by atoms with Gasteiger partial charge in [0.25, 0.3) is 0 Å². The minimum atomic E-state index is 0.755. The largest absolute Gasteiger partial charge is 0.306 e. The molecule has 0 atom stereocenters. The third-order valence-electron chi connectivity index (χ3n) is 4.45. The summed E-state index contributed by atoms with van der Waals surface area (Å²) in [4.78, 5) is 5.07. The number of fused-ring (bicyclic) bond motifs is 1. The van der Waals surface area contributed by atoms with Gasteiger partial charge in [-0.05, 0) is 56.6 Å². The molecule has 1 saturated heterocycles. The average Bonchev–Trinajstić information content (AvgIpc) is 2.40. The van der Waals surface area contributed by atoms with Crippen LogP contribution in [-0.4, -0.2) is 42.5 Å². The van der Waals surface area contributed by atoms with E-state index < -0.39 is 0 Å². The zero-order chi connectivity index (χ0) is 12.5. The number of likely N-dealkylation sites (tertiary alicyclic amines) is 1. The number of piperidine rings is 1. The molecule has 3 heteroatoms. The lowest BCUT2D eigenvalue weighted by Gasteiger charge is -2.40. The van der Waals surface area contributed by atoms with Crippen molar-refractivity contribution < 1.29 is 0 Å². The van der Waals surface area contributed by atoms with Crippen LogP contribution >= 0.6 is 11.6 Å². The molecule has 1 aromatic carbocycles. The van der Waals surface area contributed by atoms with Gasteiger partial charge in [0.2, 0.25) is 0 Å². The number of halogens is 1. The minimum Gasteiger partial charge on any atom is -0.306 e. The highest BCUT2D eigenvalue weighted by Gasteiger charge is 2.26. The monoisotopic (exact) mass is 264 g/mol. The molecule has 2 aliphatic rings. The first-order valence-electron chi connectivity index (χ1n) is 6.93. The van der Waals surface area contributed by atoms with E-state index in [4.69, 9.17) is 11.6 Å². The van der Waals surface area contributed by atoms with Crippen molar-refractivity contribution in [2.45, 2.75) is 31.8 Å². The number of rotatable bonds is 1. The summed E-state index contributed by atoms with van der Waals surface area (Å²) in [7, 11) is 2.22. The highest BCUT2D eigenvalue weighted by molar-refractivity contribution is 6.31. The maximum atomic E-state index is 6.33. The summed E-state index contributed by atoms with van der Waals surface area (Å²) < 4.78 is 0. The molecule has 2 nitrogen and oxygen atoms in total. The first-order valence-corrected chi connectivity index (χ1v) is 7.30. The predicted molar refractivity (Wildman–Crippen MR) is 76.1 cm³/mol. The standard InChI is InChI=1S/C15H21ClN2/c1-17-8-6-13(7-9-17)18-10-5-12-3-2-4-15(16)14(12)11-18/h2-4,13H,5-11H2,1H3. The first-order chi connectivity index (χ1) is 8.74. The summed E-state index contributed by atoms with van der Waals surface area (Å²) in [5.41, 5.74) is 2.82. The van der Waals surface area contributed by atoms with E-state index in [-0.39, 0.29) is 0 Å². The molecule has 2 heterocycles. The molecule has 0 spiro atoms. The summed E-state index contributed by atoms with van der Waals surface area (Å²) in [5.74, 6) is 0. The zero-order valence-electron chi connectivity index (χ0n) is 11.0. The third kappa shape index (κ3) is 2.42. The molecule has 3 rings (SSSR count). The average molecular weight is 265 g/mol. The van der Waals surface area contributed by atoms with Crippen LogP contribution in [0.15, 0.2) is 18.2 Å². The Morgan fingerprint density at radius 2 is 1.94 bits per heavy atom. The van der Waals surface area contributed by atoms with Crippen LogP contribution in [0.1, 0.15) is 24.0 Å². The van der Waals surface area contributed by atoms with E-state index >= 15 is 0 Å². The van der Waals surface area contributed by atoms with Gasteiger partial charge in [-0.3, -0.25) is 4.90 Å². The number of hydrogen-bond donors (Lipinski definition) is 0. The molecule has 0 bridgehead atoms. The lowest BCUT2D eigenvalue weighted by atomic mass is 9.95. The Morgan fingerprint density at radius 3 is 2.72 bits per heavy atom. The van der Waals surface area contributed by atoms with Crippen molar-refractivity contribution in [3.63, 3.8) is 0 Å². The van der Waals surface area contributed by atoms with Crippen molar-refractivity contribution >= 4 is 11.6 Å². The molecule has 0 amide bonds. The van der Waals surface area contributed by atoms with Crippen molar-refractivity contribution in [2.75, 3.05) is 26.7 Å². The quantitative estimate of drug-likeness (QED) is 0.770. The number of hydrogen-bond acceptors (Lipinski definition) is 2. The van der Waals surface area contributed by atoms with Gasteiger partial charge in [-0.1, -0.05) is 23.7 Å². The molecule has 0 N–H and O–H groups in total. The van der Waals surface area contributed by atoms with Crippen LogP contribution in [0.2, 0.25) is 5.02 Å². The van der Waals surface area contributed by atoms with E-state index in [1.165, 1.54) is 43.6 Å². The van der Waals surface area contributed by atoms with Gasteiger partial charge in [-0.25, -0.2) is 0 Å². The third-order valence-corrected chi connectivity index (χ3v) is 4.80. The molecule has 98 valence electrons. The summed E-state index contributed by atoms with van der Waals surface area (Å²) >= 11 is 6.33. The van der Waals surface area contributed by atoms with Crippen LogP contribution in [0.3, 0.4) is 0 Å². The molecule has 1 aromatic rings. The first kappa shape index (κ1) is 12.5. The fourth-order valence-electron chi connectivity index (χ4n) is 3.23. The maximum Gasteiger partial charge on any atom is 0.0453 e. The van der Waals surface area contributed by atoms with Crippen LogP contribution in [-0.2, 0) is 13.0 Å². The van der Waals surface area contributed by atoms with Crippen LogP contribution < -0.4 is 0 Å². The molecule has 0 unspecified atom stereocenters. The lowest BCUT2D eigenvalue weighted by Crippen LogP contribution is -2.45. The van der Waals surface area contributed by atoms with E-state index in [2.05, 4.69) is 29.0 Å². The van der Waals surface area contributed by atoms with Gasteiger partial charge in [0, 0.05) is 24.2 Å². The zero-order valence-corrected chi connectivity index (χ0v) is 11.8.